The number of fused-ring (bicyclic) bond motifs is 1. The Morgan fingerprint density at radius 1 is 1.08 bits per heavy atom. The Bertz CT molecular complexity index is 1890. The molecule has 0 radical (unpaired) electrons. The fraction of sp³-hybridized carbons (Fsp3) is 0.514. The molecule has 1 aromatic heterocycles. The number of amidine groups is 1. The van der Waals surface area contributed by atoms with Gasteiger partial charge in [-0.1, -0.05) is 49.2 Å². The molecular formula is C35H35Cl2F5N6O3S. The summed E-state index contributed by atoms with van der Waals surface area (Å²) in [6.45, 7) is 4.23. The molecule has 1 aromatic carbocycles. The Hall–Kier alpha value is -3.43. The number of rotatable bonds is 6. The summed E-state index contributed by atoms with van der Waals surface area (Å²) in [6.07, 6.45) is -2.41. The van der Waals surface area contributed by atoms with Gasteiger partial charge in [0.25, 0.3) is 5.91 Å². The zero-order valence-corrected chi connectivity index (χ0v) is 30.7. The largest absolute Gasteiger partial charge is 0.471 e. The minimum Gasteiger partial charge on any atom is -0.337 e. The molecule has 1 aliphatic carbocycles. The molecule has 9 nitrogen and oxygen atoms in total. The highest BCUT2D eigenvalue weighted by molar-refractivity contribution is 8.18. The summed E-state index contributed by atoms with van der Waals surface area (Å²) < 4.78 is 69.7. The molecule has 2 saturated heterocycles. The zero-order valence-electron chi connectivity index (χ0n) is 28.4. The van der Waals surface area contributed by atoms with Gasteiger partial charge in [-0.05, 0) is 74.0 Å². The van der Waals surface area contributed by atoms with Crippen molar-refractivity contribution in [2.45, 2.75) is 81.8 Å². The van der Waals surface area contributed by atoms with Crippen molar-refractivity contribution >= 4 is 57.9 Å². The Morgan fingerprint density at radius 3 is 2.40 bits per heavy atom. The number of carbonyl (C=O) groups excluding carboxylic acids is 3. The topological polar surface area (TPSA) is 89.4 Å². The van der Waals surface area contributed by atoms with Gasteiger partial charge in [-0.15, -0.1) is 0 Å². The van der Waals surface area contributed by atoms with Gasteiger partial charge in [-0.3, -0.25) is 14.4 Å². The maximum atomic E-state index is 15.0. The second-order valence-electron chi connectivity index (χ2n) is 14.4. The van der Waals surface area contributed by atoms with Gasteiger partial charge in [0.1, 0.15) is 34.1 Å². The van der Waals surface area contributed by atoms with Crippen molar-refractivity contribution < 1.29 is 36.3 Å². The van der Waals surface area contributed by atoms with E-state index in [0.29, 0.717) is 34.8 Å². The molecule has 0 bridgehead atoms. The van der Waals surface area contributed by atoms with Gasteiger partial charge in [0, 0.05) is 37.1 Å². The third kappa shape index (κ3) is 6.04. The fourth-order valence-corrected chi connectivity index (χ4v) is 9.69. The highest BCUT2D eigenvalue weighted by Gasteiger charge is 2.60. The van der Waals surface area contributed by atoms with Gasteiger partial charge >= 0.3 is 12.1 Å². The van der Waals surface area contributed by atoms with Crippen LogP contribution in [0.3, 0.4) is 0 Å². The van der Waals surface area contributed by atoms with Gasteiger partial charge in [0.15, 0.2) is 5.17 Å². The van der Waals surface area contributed by atoms with Crippen molar-refractivity contribution in [3.8, 4) is 0 Å². The number of aromatic nitrogens is 1. The maximum absolute atomic E-state index is 15.0. The minimum absolute atomic E-state index is 0.0629. The first kappa shape index (κ1) is 36.9. The number of thioether (sulfide) groups is 1. The number of allylic oxidation sites excluding steroid dienone is 1. The van der Waals surface area contributed by atoms with E-state index in [1.165, 1.54) is 21.9 Å². The highest BCUT2D eigenvalue weighted by Crippen LogP contribution is 2.57. The maximum Gasteiger partial charge on any atom is 0.471 e. The minimum atomic E-state index is -5.03. The van der Waals surface area contributed by atoms with Crippen LogP contribution in [0.1, 0.15) is 63.6 Å². The molecule has 52 heavy (non-hydrogen) atoms. The van der Waals surface area contributed by atoms with Crippen LogP contribution in [0.2, 0.25) is 10.2 Å². The van der Waals surface area contributed by atoms with Gasteiger partial charge < -0.3 is 19.6 Å². The molecule has 17 heteroatoms. The molecule has 2 aromatic rings. The van der Waals surface area contributed by atoms with Crippen molar-refractivity contribution in [3.05, 3.63) is 74.3 Å². The first-order chi connectivity index (χ1) is 24.5. The van der Waals surface area contributed by atoms with Crippen LogP contribution >= 0.6 is 35.0 Å². The average Bonchev–Trinajstić information content (AvgIpc) is 3.43. The summed E-state index contributed by atoms with van der Waals surface area (Å²) >= 11 is 13.3. The van der Waals surface area contributed by atoms with Crippen LogP contribution in [0.5, 0.6) is 0 Å². The summed E-state index contributed by atoms with van der Waals surface area (Å²) in [6, 6.07) is 5.26. The summed E-state index contributed by atoms with van der Waals surface area (Å²) in [4.78, 5) is 56.0. The zero-order chi connectivity index (χ0) is 37.5. The van der Waals surface area contributed by atoms with E-state index in [0.717, 1.165) is 16.7 Å². The smallest absolute Gasteiger partial charge is 0.337 e. The lowest BCUT2D eigenvalue weighted by molar-refractivity contribution is -0.191. The van der Waals surface area contributed by atoms with E-state index in [2.05, 4.69) is 4.98 Å². The second kappa shape index (κ2) is 13.2. The molecule has 0 unspecified atom stereocenters. The van der Waals surface area contributed by atoms with E-state index in [1.807, 2.05) is 25.7 Å². The Morgan fingerprint density at radius 2 is 1.81 bits per heavy atom. The van der Waals surface area contributed by atoms with Crippen molar-refractivity contribution in [2.24, 2.45) is 10.9 Å². The highest BCUT2D eigenvalue weighted by atomic mass is 35.5. The molecule has 278 valence electrons. The third-order valence-electron chi connectivity index (χ3n) is 10.8. The van der Waals surface area contributed by atoms with Crippen molar-refractivity contribution in [3.63, 3.8) is 0 Å². The van der Waals surface area contributed by atoms with Crippen LogP contribution in [-0.4, -0.2) is 97.6 Å². The Balaban J connectivity index is 1.23. The normalized spacial score (nSPS) is 26.8. The van der Waals surface area contributed by atoms with Crippen molar-refractivity contribution in [2.75, 3.05) is 26.3 Å². The van der Waals surface area contributed by atoms with Gasteiger partial charge in [0.2, 0.25) is 5.91 Å². The summed E-state index contributed by atoms with van der Waals surface area (Å²) in [5, 5.41) is 0.663. The van der Waals surface area contributed by atoms with Gasteiger partial charge in [-0.25, -0.2) is 18.8 Å². The summed E-state index contributed by atoms with van der Waals surface area (Å²) in [5.74, 6) is -3.90. The first-order valence-corrected chi connectivity index (χ1v) is 18.5. The predicted octanol–water partition coefficient (Wildman–Crippen LogP) is 6.86. The quantitative estimate of drug-likeness (QED) is 0.235. The second-order valence-corrected chi connectivity index (χ2v) is 16.2. The number of amides is 3. The number of hydrogen-bond donors (Lipinski definition) is 0. The lowest BCUT2D eigenvalue weighted by Crippen LogP contribution is -2.62. The number of aliphatic imine (C=N–C) groups is 1. The molecule has 4 aliphatic heterocycles. The molecule has 5 heterocycles. The molecule has 3 amide bonds. The van der Waals surface area contributed by atoms with Gasteiger partial charge in [0.05, 0.1) is 22.6 Å². The molecule has 5 aliphatic rings. The number of nitrogens with zero attached hydrogens (tertiary/aromatic N) is 6. The van der Waals surface area contributed by atoms with Crippen LogP contribution < -0.4 is 0 Å². The van der Waals surface area contributed by atoms with E-state index in [1.54, 1.807) is 24.4 Å². The molecule has 0 N–H and O–H groups in total. The number of halogens is 7. The molecule has 7 rings (SSSR count). The third-order valence-corrected chi connectivity index (χ3v) is 12.4. The van der Waals surface area contributed by atoms with Gasteiger partial charge in [-0.2, -0.15) is 13.2 Å². The SMILES string of the molecule is CC(C)C1=C(C(=O)N2[C@H](CF)CC[C@H]2C(=O)N2CCN(C(=O)C(F)(F)F)C3(CC3)C2)SC2=N[C@@](C)(c3ccc(Cl)nc3)[C@@H](c3ccc(Cl)c(F)c3)N21. The van der Waals surface area contributed by atoms with E-state index < -0.39 is 65.6 Å². The number of pyridine rings is 1. The van der Waals surface area contributed by atoms with E-state index in [-0.39, 0.29) is 53.5 Å². The number of likely N-dealkylation sites (tertiary alicyclic amines) is 1. The van der Waals surface area contributed by atoms with Crippen LogP contribution in [0.25, 0.3) is 0 Å². The number of carbonyl (C=O) groups is 3. The molecular weight excluding hydrogens is 750 g/mol. The molecule has 4 atom stereocenters. The standard InChI is InChI=1S/C35H35Cl2F5N6O3S/c1-18(2)26-27(52-32-44-33(3,20-5-9-25(37)43-16-20)28(48(26)32)19-4-7-22(36)23(39)14-19)30(50)47-21(15-38)6-8-24(47)29(49)45-12-13-46(31(51)35(40,41)42)34(17-45)10-11-34/h4-5,7,9,14,16,18,21,24,28H,6,8,10-13,15,17H2,1-3H3/t21-,24-,28+,33-/m0/s1. The number of piperazine rings is 1. The number of alkyl halides is 4. The van der Waals surface area contributed by atoms with Crippen LogP contribution in [0, 0.1) is 11.7 Å². The molecule has 3 fully saturated rings. The predicted molar refractivity (Wildman–Crippen MR) is 185 cm³/mol. The first-order valence-electron chi connectivity index (χ1n) is 16.9. The Kier molecular flexibility index (Phi) is 9.33. The summed E-state index contributed by atoms with van der Waals surface area (Å²) in [5.41, 5.74) is -0.362. The average molecular weight is 786 g/mol. The van der Waals surface area contributed by atoms with E-state index in [9.17, 15) is 31.9 Å². The number of hydrogen-bond acceptors (Lipinski definition) is 7. The van der Waals surface area contributed by atoms with E-state index >= 15 is 4.39 Å². The van der Waals surface area contributed by atoms with Crippen LogP contribution in [-0.2, 0) is 19.9 Å². The monoisotopic (exact) mass is 784 g/mol. The van der Waals surface area contributed by atoms with Crippen molar-refractivity contribution in [1.29, 1.82) is 0 Å². The lowest BCUT2D eigenvalue weighted by Gasteiger charge is -2.43. The molecule has 1 spiro atoms. The Labute approximate surface area is 311 Å². The number of benzene rings is 1. The molecule has 1 saturated carbocycles. The fourth-order valence-electron chi connectivity index (χ4n) is 8.11. The van der Waals surface area contributed by atoms with Crippen LogP contribution in [0.15, 0.2) is 52.1 Å². The summed E-state index contributed by atoms with van der Waals surface area (Å²) in [7, 11) is 0. The van der Waals surface area contributed by atoms with Crippen LogP contribution in [0.4, 0.5) is 22.0 Å². The van der Waals surface area contributed by atoms with E-state index in [4.69, 9.17) is 28.2 Å². The van der Waals surface area contributed by atoms with Crippen molar-refractivity contribution in [1.82, 2.24) is 24.6 Å². The lowest BCUT2D eigenvalue weighted by atomic mass is 9.81.